The third kappa shape index (κ3) is 4.09. The number of benzene rings is 2. The number of hydrogen-bond acceptors (Lipinski definition) is 4. The SMILES string of the molecule is CN1OC(COC(=O)Nc2ccccc2)CC1c1ccccc1. The van der Waals surface area contributed by atoms with Crippen LogP contribution < -0.4 is 5.32 Å². The van der Waals surface area contributed by atoms with Gasteiger partial charge in [-0.05, 0) is 17.7 Å². The molecule has 1 amide bonds. The van der Waals surface area contributed by atoms with Crippen molar-refractivity contribution in [2.75, 3.05) is 19.0 Å². The molecule has 0 saturated carbocycles. The van der Waals surface area contributed by atoms with Crippen molar-refractivity contribution in [3.8, 4) is 0 Å². The number of para-hydroxylation sites is 1. The fourth-order valence-electron chi connectivity index (χ4n) is 2.71. The van der Waals surface area contributed by atoms with Crippen molar-refractivity contribution in [2.24, 2.45) is 0 Å². The minimum absolute atomic E-state index is 0.133. The molecule has 0 radical (unpaired) electrons. The van der Waals surface area contributed by atoms with Crippen LogP contribution in [0.4, 0.5) is 10.5 Å². The second kappa shape index (κ2) is 7.26. The lowest BCUT2D eigenvalue weighted by Gasteiger charge is -2.17. The molecule has 0 aliphatic carbocycles. The standard InChI is InChI=1S/C18H20N2O3/c1-20-17(14-8-4-2-5-9-14)12-16(23-20)13-22-18(21)19-15-10-6-3-7-11-15/h2-11,16-17H,12-13H2,1H3,(H,19,21). The number of anilines is 1. The Morgan fingerprint density at radius 1 is 1.17 bits per heavy atom. The number of amides is 1. The molecule has 1 aliphatic rings. The normalized spacial score (nSPS) is 21.1. The molecule has 1 saturated heterocycles. The predicted molar refractivity (Wildman–Crippen MR) is 87.8 cm³/mol. The fourth-order valence-corrected chi connectivity index (χ4v) is 2.71. The van der Waals surface area contributed by atoms with Gasteiger partial charge in [0.15, 0.2) is 0 Å². The van der Waals surface area contributed by atoms with Gasteiger partial charge in [0.1, 0.15) is 12.7 Å². The van der Waals surface area contributed by atoms with Gasteiger partial charge in [-0.15, -0.1) is 0 Å². The van der Waals surface area contributed by atoms with E-state index in [1.807, 2.05) is 60.6 Å². The Morgan fingerprint density at radius 2 is 1.83 bits per heavy atom. The fraction of sp³-hybridized carbons (Fsp3) is 0.278. The van der Waals surface area contributed by atoms with Crippen LogP contribution in [0.2, 0.25) is 0 Å². The van der Waals surface area contributed by atoms with Gasteiger partial charge in [-0.3, -0.25) is 10.2 Å². The predicted octanol–water partition coefficient (Wildman–Crippen LogP) is 3.61. The van der Waals surface area contributed by atoms with E-state index in [4.69, 9.17) is 9.57 Å². The van der Waals surface area contributed by atoms with Crippen LogP contribution >= 0.6 is 0 Å². The first-order valence-corrected chi connectivity index (χ1v) is 7.66. The van der Waals surface area contributed by atoms with Gasteiger partial charge in [-0.2, -0.15) is 5.06 Å². The molecule has 2 unspecified atom stereocenters. The Bertz CT molecular complexity index is 633. The van der Waals surface area contributed by atoms with Crippen LogP contribution in [0.15, 0.2) is 60.7 Å². The van der Waals surface area contributed by atoms with E-state index in [0.717, 1.165) is 6.42 Å². The highest BCUT2D eigenvalue weighted by atomic mass is 16.7. The maximum absolute atomic E-state index is 11.8. The second-order valence-corrected chi connectivity index (χ2v) is 5.53. The number of nitrogens with one attached hydrogen (secondary N) is 1. The Hall–Kier alpha value is -2.37. The highest BCUT2D eigenvalue weighted by Gasteiger charge is 2.32. The van der Waals surface area contributed by atoms with E-state index in [1.54, 1.807) is 0 Å². The number of carbonyl (C=O) groups is 1. The molecule has 120 valence electrons. The smallest absolute Gasteiger partial charge is 0.411 e. The molecule has 1 N–H and O–H groups in total. The van der Waals surface area contributed by atoms with Gasteiger partial charge in [-0.1, -0.05) is 48.5 Å². The summed E-state index contributed by atoms with van der Waals surface area (Å²) in [6, 6.07) is 19.6. The lowest BCUT2D eigenvalue weighted by molar-refractivity contribution is -0.153. The maximum Gasteiger partial charge on any atom is 0.411 e. The largest absolute Gasteiger partial charge is 0.446 e. The van der Waals surface area contributed by atoms with E-state index in [-0.39, 0.29) is 18.8 Å². The molecule has 0 bridgehead atoms. The zero-order valence-corrected chi connectivity index (χ0v) is 13.0. The molecule has 1 fully saturated rings. The van der Waals surface area contributed by atoms with Crippen molar-refractivity contribution in [3.05, 3.63) is 66.2 Å². The number of carbonyl (C=O) groups excluding carboxylic acids is 1. The quantitative estimate of drug-likeness (QED) is 0.937. The minimum atomic E-state index is -0.467. The molecule has 2 atom stereocenters. The second-order valence-electron chi connectivity index (χ2n) is 5.53. The summed E-state index contributed by atoms with van der Waals surface area (Å²) in [7, 11) is 1.90. The van der Waals surface area contributed by atoms with Gasteiger partial charge >= 0.3 is 6.09 Å². The molecule has 23 heavy (non-hydrogen) atoms. The lowest BCUT2D eigenvalue weighted by Crippen LogP contribution is -2.23. The van der Waals surface area contributed by atoms with Gasteiger partial charge < -0.3 is 4.74 Å². The van der Waals surface area contributed by atoms with E-state index >= 15 is 0 Å². The van der Waals surface area contributed by atoms with Crippen LogP contribution in [0.3, 0.4) is 0 Å². The van der Waals surface area contributed by atoms with Crippen LogP contribution in [-0.4, -0.2) is 30.9 Å². The molecule has 3 rings (SSSR count). The average molecular weight is 312 g/mol. The number of rotatable bonds is 4. The zero-order chi connectivity index (χ0) is 16.1. The lowest BCUT2D eigenvalue weighted by atomic mass is 10.0. The first-order valence-electron chi connectivity index (χ1n) is 7.66. The number of hydrogen-bond donors (Lipinski definition) is 1. The van der Waals surface area contributed by atoms with Crippen LogP contribution in [0.5, 0.6) is 0 Å². The molecule has 1 aliphatic heterocycles. The van der Waals surface area contributed by atoms with Gasteiger partial charge in [0.05, 0.1) is 6.04 Å². The van der Waals surface area contributed by atoms with Crippen molar-refractivity contribution in [1.29, 1.82) is 0 Å². The molecule has 2 aromatic carbocycles. The Kier molecular flexibility index (Phi) is 4.90. The van der Waals surface area contributed by atoms with Crippen molar-refractivity contribution in [2.45, 2.75) is 18.6 Å². The van der Waals surface area contributed by atoms with Crippen LogP contribution in [0.1, 0.15) is 18.0 Å². The molecule has 0 spiro atoms. The van der Waals surface area contributed by atoms with E-state index in [0.29, 0.717) is 5.69 Å². The van der Waals surface area contributed by atoms with Crippen LogP contribution in [0, 0.1) is 0 Å². The third-order valence-corrected chi connectivity index (χ3v) is 3.85. The van der Waals surface area contributed by atoms with E-state index in [1.165, 1.54) is 5.56 Å². The van der Waals surface area contributed by atoms with Crippen molar-refractivity contribution >= 4 is 11.8 Å². The summed E-state index contributed by atoms with van der Waals surface area (Å²) in [5, 5.41) is 4.52. The molecule has 0 aromatic heterocycles. The van der Waals surface area contributed by atoms with Crippen molar-refractivity contribution in [1.82, 2.24) is 5.06 Å². The molecule has 2 aromatic rings. The summed E-state index contributed by atoms with van der Waals surface area (Å²) in [4.78, 5) is 17.6. The van der Waals surface area contributed by atoms with Crippen molar-refractivity contribution in [3.63, 3.8) is 0 Å². The summed E-state index contributed by atoms with van der Waals surface area (Å²) in [6.07, 6.45) is 0.191. The van der Waals surface area contributed by atoms with E-state index in [9.17, 15) is 4.79 Å². The van der Waals surface area contributed by atoms with Gasteiger partial charge in [0.25, 0.3) is 0 Å². The van der Waals surface area contributed by atoms with E-state index < -0.39 is 6.09 Å². The number of hydroxylamine groups is 2. The topological polar surface area (TPSA) is 50.8 Å². The Labute approximate surface area is 135 Å². The van der Waals surface area contributed by atoms with Crippen molar-refractivity contribution < 1.29 is 14.4 Å². The molecular weight excluding hydrogens is 292 g/mol. The summed E-state index contributed by atoms with van der Waals surface area (Å²) < 4.78 is 5.26. The van der Waals surface area contributed by atoms with Gasteiger partial charge in [0.2, 0.25) is 0 Å². The number of ether oxygens (including phenoxy) is 1. The Balaban J connectivity index is 1.49. The van der Waals surface area contributed by atoms with Crippen LogP contribution in [-0.2, 0) is 9.57 Å². The average Bonchev–Trinajstić information content (AvgIpc) is 2.96. The Morgan fingerprint density at radius 3 is 2.52 bits per heavy atom. The van der Waals surface area contributed by atoms with E-state index in [2.05, 4.69) is 17.4 Å². The summed E-state index contributed by atoms with van der Waals surface area (Å²) in [5.74, 6) is 0. The minimum Gasteiger partial charge on any atom is -0.446 e. The first kappa shape index (κ1) is 15.5. The highest BCUT2D eigenvalue weighted by Crippen LogP contribution is 2.32. The molecular formula is C18H20N2O3. The van der Waals surface area contributed by atoms with Crippen LogP contribution in [0.25, 0.3) is 0 Å². The third-order valence-electron chi connectivity index (χ3n) is 3.85. The molecule has 5 nitrogen and oxygen atoms in total. The highest BCUT2D eigenvalue weighted by molar-refractivity contribution is 5.84. The first-order chi connectivity index (χ1) is 11.2. The summed E-state index contributed by atoms with van der Waals surface area (Å²) in [6.45, 7) is 0.229. The maximum atomic E-state index is 11.8. The summed E-state index contributed by atoms with van der Waals surface area (Å²) >= 11 is 0. The zero-order valence-electron chi connectivity index (χ0n) is 13.0. The van der Waals surface area contributed by atoms with Gasteiger partial charge in [-0.25, -0.2) is 4.79 Å². The molecule has 1 heterocycles. The van der Waals surface area contributed by atoms with Gasteiger partial charge in [0, 0.05) is 19.2 Å². The number of nitrogens with zero attached hydrogens (tertiary/aromatic N) is 1. The monoisotopic (exact) mass is 312 g/mol. The summed E-state index contributed by atoms with van der Waals surface area (Å²) in [5.41, 5.74) is 1.91. The molecule has 5 heteroatoms.